The van der Waals surface area contributed by atoms with Gasteiger partial charge in [0.1, 0.15) is 34.5 Å². The zero-order valence-electron chi connectivity index (χ0n) is 18.0. The maximum atomic E-state index is 12.5. The van der Waals surface area contributed by atoms with Gasteiger partial charge in [-0.05, 0) is 30.7 Å². The van der Waals surface area contributed by atoms with E-state index in [1.807, 2.05) is 0 Å². The second-order valence-corrected chi connectivity index (χ2v) is 7.49. The standard InChI is InChI=1S/C22H17ClF3N5O4/c1-33-21(32)12-5-6-27-18-16(7-12)19(30-11-29-18)31-13-8-17(23)20(28-10-13)34-14-3-2-4-15(9-14)35-22(24,25)26/h2-4,7-11H,5-6H2,1H3,(H2,27,29,30,31). The van der Waals surface area contributed by atoms with E-state index < -0.39 is 18.1 Å². The van der Waals surface area contributed by atoms with Crippen LogP contribution in [0.1, 0.15) is 12.0 Å². The van der Waals surface area contributed by atoms with Crippen LogP contribution in [0.25, 0.3) is 6.08 Å². The lowest BCUT2D eigenvalue weighted by Crippen LogP contribution is -2.17. The summed E-state index contributed by atoms with van der Waals surface area (Å²) < 4.78 is 51.6. The van der Waals surface area contributed by atoms with E-state index in [0.29, 0.717) is 41.4 Å². The van der Waals surface area contributed by atoms with Crippen molar-refractivity contribution in [3.05, 3.63) is 59.0 Å². The van der Waals surface area contributed by atoms with Crippen LogP contribution in [0.3, 0.4) is 0 Å². The van der Waals surface area contributed by atoms with Crippen LogP contribution in [0.4, 0.5) is 30.5 Å². The Morgan fingerprint density at radius 2 is 1.97 bits per heavy atom. The number of nitrogens with one attached hydrogen (secondary N) is 2. The number of anilines is 3. The molecule has 0 spiro atoms. The molecule has 1 aliphatic heterocycles. The number of nitrogens with zero attached hydrogens (tertiary/aromatic N) is 3. The Bertz CT molecular complexity index is 1290. The fourth-order valence-electron chi connectivity index (χ4n) is 3.18. The van der Waals surface area contributed by atoms with Crippen LogP contribution in [-0.4, -0.2) is 40.9 Å². The third-order valence-corrected chi connectivity index (χ3v) is 4.93. The first-order valence-corrected chi connectivity index (χ1v) is 10.4. The van der Waals surface area contributed by atoms with E-state index in [-0.39, 0.29) is 16.7 Å². The number of methoxy groups -OCH3 is 1. The van der Waals surface area contributed by atoms with Crippen LogP contribution < -0.4 is 20.1 Å². The second kappa shape index (κ2) is 10.1. The summed E-state index contributed by atoms with van der Waals surface area (Å²) in [5.41, 5.74) is 1.44. The van der Waals surface area contributed by atoms with Crippen LogP contribution in [-0.2, 0) is 9.53 Å². The van der Waals surface area contributed by atoms with Gasteiger partial charge in [0.25, 0.3) is 0 Å². The van der Waals surface area contributed by atoms with Crippen LogP contribution in [0, 0.1) is 0 Å². The molecular formula is C22H17ClF3N5O4. The van der Waals surface area contributed by atoms with Gasteiger partial charge in [-0.3, -0.25) is 0 Å². The van der Waals surface area contributed by atoms with Gasteiger partial charge in [0.15, 0.2) is 0 Å². The fourth-order valence-corrected chi connectivity index (χ4v) is 3.38. The Morgan fingerprint density at radius 1 is 1.17 bits per heavy atom. The number of carbonyl (C=O) groups is 1. The smallest absolute Gasteiger partial charge is 0.466 e. The number of hydrogen-bond acceptors (Lipinski definition) is 9. The number of pyridine rings is 1. The predicted octanol–water partition coefficient (Wildman–Crippen LogP) is 5.33. The zero-order valence-corrected chi connectivity index (χ0v) is 18.8. The number of aromatic nitrogens is 3. The molecule has 2 aromatic heterocycles. The highest BCUT2D eigenvalue weighted by molar-refractivity contribution is 6.32. The summed E-state index contributed by atoms with van der Waals surface area (Å²) in [5.74, 6) is 0.0369. The van der Waals surface area contributed by atoms with Crippen molar-refractivity contribution in [3.8, 4) is 17.4 Å². The van der Waals surface area contributed by atoms with Crippen molar-refractivity contribution in [2.24, 2.45) is 0 Å². The topological polar surface area (TPSA) is 107 Å². The molecule has 1 aliphatic rings. The second-order valence-electron chi connectivity index (χ2n) is 7.08. The fraction of sp³-hybridized carbons (Fsp3) is 0.182. The number of alkyl halides is 3. The number of carbonyl (C=O) groups excluding carboxylic acids is 1. The summed E-state index contributed by atoms with van der Waals surface area (Å²) in [7, 11) is 1.31. The highest BCUT2D eigenvalue weighted by Crippen LogP contribution is 2.34. The maximum absolute atomic E-state index is 12.5. The minimum Gasteiger partial charge on any atom is -0.466 e. The molecule has 0 saturated heterocycles. The largest absolute Gasteiger partial charge is 0.573 e. The van der Waals surface area contributed by atoms with Crippen molar-refractivity contribution >= 4 is 41.0 Å². The molecule has 4 rings (SSSR count). The van der Waals surface area contributed by atoms with Gasteiger partial charge in [-0.25, -0.2) is 19.7 Å². The molecule has 1 aromatic carbocycles. The van der Waals surface area contributed by atoms with E-state index in [1.54, 1.807) is 6.08 Å². The molecule has 0 fully saturated rings. The van der Waals surface area contributed by atoms with Gasteiger partial charge in [-0.1, -0.05) is 17.7 Å². The van der Waals surface area contributed by atoms with E-state index in [4.69, 9.17) is 21.1 Å². The van der Waals surface area contributed by atoms with Crippen LogP contribution in [0.2, 0.25) is 5.02 Å². The third kappa shape index (κ3) is 6.09. The number of ether oxygens (including phenoxy) is 3. The molecule has 0 bridgehead atoms. The molecule has 0 amide bonds. The van der Waals surface area contributed by atoms with E-state index in [0.717, 1.165) is 12.1 Å². The molecule has 2 N–H and O–H groups in total. The summed E-state index contributed by atoms with van der Waals surface area (Å²) in [6, 6.07) is 6.48. The Hall–Kier alpha value is -4.06. The van der Waals surface area contributed by atoms with Crippen molar-refractivity contribution in [1.29, 1.82) is 0 Å². The van der Waals surface area contributed by atoms with E-state index >= 15 is 0 Å². The summed E-state index contributed by atoms with van der Waals surface area (Å²) >= 11 is 6.29. The Labute approximate surface area is 201 Å². The Morgan fingerprint density at radius 3 is 2.71 bits per heavy atom. The molecule has 3 heterocycles. The quantitative estimate of drug-likeness (QED) is 0.428. The first-order chi connectivity index (χ1) is 16.7. The lowest BCUT2D eigenvalue weighted by molar-refractivity contribution is -0.274. The average molecular weight is 508 g/mol. The van der Waals surface area contributed by atoms with Crippen molar-refractivity contribution < 1.29 is 32.2 Å². The summed E-state index contributed by atoms with van der Waals surface area (Å²) in [6.07, 6.45) is 0.0149. The average Bonchev–Trinajstić information content (AvgIpc) is 3.03. The summed E-state index contributed by atoms with van der Waals surface area (Å²) in [4.78, 5) is 24.6. The van der Waals surface area contributed by atoms with Crippen LogP contribution in [0.5, 0.6) is 17.4 Å². The minimum atomic E-state index is -4.83. The van der Waals surface area contributed by atoms with Crippen molar-refractivity contribution in [2.75, 3.05) is 24.3 Å². The molecular weight excluding hydrogens is 491 g/mol. The zero-order chi connectivity index (χ0) is 25.0. The maximum Gasteiger partial charge on any atom is 0.573 e. The van der Waals surface area contributed by atoms with Crippen molar-refractivity contribution in [3.63, 3.8) is 0 Å². The SMILES string of the molecule is COC(=O)C1=Cc2c(ncnc2Nc2cnc(Oc3cccc(OC(F)(F)F)c3)c(Cl)c2)NCC1. The van der Waals surface area contributed by atoms with Gasteiger partial charge < -0.3 is 24.8 Å². The molecule has 0 unspecified atom stereocenters. The monoisotopic (exact) mass is 507 g/mol. The number of fused-ring (bicyclic) bond motifs is 1. The van der Waals surface area contributed by atoms with Gasteiger partial charge in [0.2, 0.25) is 5.88 Å². The lowest BCUT2D eigenvalue weighted by Gasteiger charge is -2.13. The highest BCUT2D eigenvalue weighted by Gasteiger charge is 2.31. The predicted molar refractivity (Wildman–Crippen MR) is 121 cm³/mol. The number of halogens is 4. The van der Waals surface area contributed by atoms with Gasteiger partial charge in [0.05, 0.1) is 24.6 Å². The number of benzene rings is 1. The molecule has 0 radical (unpaired) electrons. The van der Waals surface area contributed by atoms with Gasteiger partial charge in [-0.2, -0.15) is 0 Å². The Kier molecular flexibility index (Phi) is 6.92. The van der Waals surface area contributed by atoms with E-state index in [9.17, 15) is 18.0 Å². The molecule has 182 valence electrons. The third-order valence-electron chi connectivity index (χ3n) is 4.66. The van der Waals surface area contributed by atoms with Crippen LogP contribution >= 0.6 is 11.6 Å². The molecule has 0 aliphatic carbocycles. The van der Waals surface area contributed by atoms with Gasteiger partial charge in [0, 0.05) is 18.2 Å². The molecule has 0 saturated carbocycles. The van der Waals surface area contributed by atoms with Gasteiger partial charge in [-0.15, -0.1) is 13.2 Å². The molecule has 35 heavy (non-hydrogen) atoms. The van der Waals surface area contributed by atoms with Gasteiger partial charge >= 0.3 is 12.3 Å². The molecule has 13 heteroatoms. The molecule has 3 aromatic rings. The lowest BCUT2D eigenvalue weighted by atomic mass is 10.1. The highest BCUT2D eigenvalue weighted by atomic mass is 35.5. The minimum absolute atomic E-state index is 0.0302. The number of hydrogen-bond donors (Lipinski definition) is 2. The van der Waals surface area contributed by atoms with Crippen molar-refractivity contribution in [2.45, 2.75) is 12.8 Å². The summed E-state index contributed by atoms with van der Waals surface area (Å²) in [6.45, 7) is 0.485. The molecule has 9 nitrogen and oxygen atoms in total. The van der Waals surface area contributed by atoms with E-state index in [1.165, 1.54) is 37.8 Å². The van der Waals surface area contributed by atoms with Crippen molar-refractivity contribution in [1.82, 2.24) is 15.0 Å². The first-order valence-electron chi connectivity index (χ1n) is 10.1. The molecule has 0 atom stereocenters. The normalized spacial score (nSPS) is 13.0. The van der Waals surface area contributed by atoms with Crippen LogP contribution in [0.15, 0.2) is 48.4 Å². The Balaban J connectivity index is 1.55. The number of rotatable bonds is 6. The summed E-state index contributed by atoms with van der Waals surface area (Å²) in [5, 5.41) is 6.29. The first kappa shape index (κ1) is 24.1. The number of esters is 1. The van der Waals surface area contributed by atoms with E-state index in [2.05, 4.69) is 30.3 Å².